The maximum absolute atomic E-state index is 12.2. The second kappa shape index (κ2) is 5.09. The Balaban J connectivity index is 2.75. The highest BCUT2D eigenvalue weighted by Gasteiger charge is 2.30. The van der Waals surface area contributed by atoms with Crippen LogP contribution in [0.2, 0.25) is 0 Å². The lowest BCUT2D eigenvalue weighted by Crippen LogP contribution is -2.14. The highest BCUT2D eigenvalue weighted by molar-refractivity contribution is 5.96. The van der Waals surface area contributed by atoms with Gasteiger partial charge in [-0.2, -0.15) is 13.2 Å². The maximum Gasteiger partial charge on any atom is 0.416 e. The molecule has 3 nitrogen and oxygen atoms in total. The number of nitrogens with one attached hydrogen (secondary N) is 1. The third-order valence-corrected chi connectivity index (χ3v) is 2.00. The van der Waals surface area contributed by atoms with Crippen LogP contribution in [0.5, 0.6) is 0 Å². The zero-order valence-corrected chi connectivity index (χ0v) is 8.21. The van der Waals surface area contributed by atoms with Crippen LogP contribution in [0, 0.1) is 0 Å². The minimum atomic E-state index is -4.39. The van der Waals surface area contributed by atoms with E-state index in [-0.39, 0.29) is 24.3 Å². The van der Waals surface area contributed by atoms with Crippen molar-refractivity contribution in [2.45, 2.75) is 12.6 Å². The molecule has 0 bridgehead atoms. The molecular formula is C10H10F3NO2. The highest BCUT2D eigenvalue weighted by atomic mass is 19.4. The van der Waals surface area contributed by atoms with Crippen molar-refractivity contribution in [2.75, 3.05) is 6.54 Å². The van der Waals surface area contributed by atoms with E-state index in [1.54, 1.807) is 5.48 Å². The number of rotatable bonds is 4. The summed E-state index contributed by atoms with van der Waals surface area (Å²) >= 11 is 0. The van der Waals surface area contributed by atoms with E-state index in [1.807, 2.05) is 0 Å². The van der Waals surface area contributed by atoms with Crippen LogP contribution >= 0.6 is 0 Å². The van der Waals surface area contributed by atoms with Gasteiger partial charge in [-0.15, -0.1) is 0 Å². The quantitative estimate of drug-likeness (QED) is 0.619. The minimum absolute atomic E-state index is 0.0296. The lowest BCUT2D eigenvalue weighted by Gasteiger charge is -2.06. The van der Waals surface area contributed by atoms with Crippen molar-refractivity contribution in [2.24, 2.45) is 0 Å². The molecule has 6 heteroatoms. The summed E-state index contributed by atoms with van der Waals surface area (Å²) in [4.78, 5) is 11.3. The van der Waals surface area contributed by atoms with Crippen molar-refractivity contribution in [3.8, 4) is 0 Å². The number of hydrogen-bond donors (Lipinski definition) is 2. The molecule has 1 rings (SSSR count). The number of benzene rings is 1. The van der Waals surface area contributed by atoms with Crippen LogP contribution in [0.4, 0.5) is 13.2 Å². The van der Waals surface area contributed by atoms with Crippen molar-refractivity contribution in [3.05, 3.63) is 35.4 Å². The molecule has 0 saturated carbocycles. The molecule has 0 aliphatic carbocycles. The van der Waals surface area contributed by atoms with Crippen LogP contribution in [0.3, 0.4) is 0 Å². The standard InChI is InChI=1S/C10H10F3NO2/c11-10(12,13)8-3-1-7(2-4-8)9(15)5-6-14-16/h1-4,14,16H,5-6H2. The molecule has 0 aromatic heterocycles. The topological polar surface area (TPSA) is 49.3 Å². The van der Waals surface area contributed by atoms with Gasteiger partial charge in [-0.3, -0.25) is 4.79 Å². The van der Waals surface area contributed by atoms with Crippen LogP contribution in [0.25, 0.3) is 0 Å². The van der Waals surface area contributed by atoms with Crippen LogP contribution in [-0.2, 0) is 6.18 Å². The Hall–Kier alpha value is -1.40. The fourth-order valence-corrected chi connectivity index (χ4v) is 1.16. The number of halogens is 3. The Morgan fingerprint density at radius 1 is 1.25 bits per heavy atom. The Labute approximate surface area is 89.8 Å². The number of hydroxylamine groups is 1. The zero-order valence-electron chi connectivity index (χ0n) is 8.21. The fourth-order valence-electron chi connectivity index (χ4n) is 1.16. The third kappa shape index (κ3) is 3.32. The van der Waals surface area contributed by atoms with Gasteiger partial charge in [0.2, 0.25) is 0 Å². The molecule has 16 heavy (non-hydrogen) atoms. The van der Waals surface area contributed by atoms with Gasteiger partial charge in [0.1, 0.15) is 0 Å². The van der Waals surface area contributed by atoms with Gasteiger partial charge in [0.25, 0.3) is 0 Å². The molecule has 0 radical (unpaired) electrons. The number of hydrogen-bond acceptors (Lipinski definition) is 3. The minimum Gasteiger partial charge on any atom is -0.317 e. The van der Waals surface area contributed by atoms with Crippen molar-refractivity contribution in [1.29, 1.82) is 0 Å². The SMILES string of the molecule is O=C(CCNO)c1ccc(C(F)(F)F)cc1. The van der Waals surface area contributed by atoms with Gasteiger partial charge in [-0.1, -0.05) is 12.1 Å². The summed E-state index contributed by atoms with van der Waals surface area (Å²) in [7, 11) is 0. The van der Waals surface area contributed by atoms with Gasteiger partial charge < -0.3 is 5.21 Å². The highest BCUT2D eigenvalue weighted by Crippen LogP contribution is 2.29. The monoisotopic (exact) mass is 233 g/mol. The predicted molar refractivity (Wildman–Crippen MR) is 50.2 cm³/mol. The Morgan fingerprint density at radius 2 is 1.81 bits per heavy atom. The molecule has 0 atom stereocenters. The van der Waals surface area contributed by atoms with Gasteiger partial charge in [-0.25, -0.2) is 5.48 Å². The summed E-state index contributed by atoms with van der Waals surface area (Å²) in [5.41, 5.74) is 1.21. The van der Waals surface area contributed by atoms with Crippen LogP contribution in [-0.4, -0.2) is 17.5 Å². The molecule has 2 N–H and O–H groups in total. The van der Waals surface area contributed by atoms with Gasteiger partial charge in [-0.05, 0) is 12.1 Å². The third-order valence-electron chi connectivity index (χ3n) is 2.00. The Morgan fingerprint density at radius 3 is 2.25 bits per heavy atom. The number of ketones is 1. The lowest BCUT2D eigenvalue weighted by atomic mass is 10.1. The van der Waals surface area contributed by atoms with Gasteiger partial charge in [0, 0.05) is 18.5 Å². The molecule has 0 unspecified atom stereocenters. The van der Waals surface area contributed by atoms with E-state index in [2.05, 4.69) is 0 Å². The summed E-state index contributed by atoms with van der Waals surface area (Å²) in [6, 6.07) is 3.98. The molecule has 0 saturated heterocycles. The largest absolute Gasteiger partial charge is 0.416 e. The van der Waals surface area contributed by atoms with Crippen molar-refractivity contribution in [1.82, 2.24) is 5.48 Å². The van der Waals surface area contributed by atoms with Crippen molar-refractivity contribution in [3.63, 3.8) is 0 Å². The number of alkyl halides is 3. The first kappa shape index (κ1) is 12.7. The molecule has 0 aliphatic heterocycles. The summed E-state index contributed by atoms with van der Waals surface area (Å²) < 4.78 is 36.6. The number of carbonyl (C=O) groups excluding carboxylic acids is 1. The van der Waals surface area contributed by atoms with Gasteiger partial charge >= 0.3 is 6.18 Å². The van der Waals surface area contributed by atoms with E-state index in [0.717, 1.165) is 24.3 Å². The van der Waals surface area contributed by atoms with E-state index in [0.29, 0.717) is 0 Å². The average molecular weight is 233 g/mol. The van der Waals surface area contributed by atoms with Crippen molar-refractivity contribution < 1.29 is 23.2 Å². The van der Waals surface area contributed by atoms with Crippen LogP contribution < -0.4 is 5.48 Å². The lowest BCUT2D eigenvalue weighted by molar-refractivity contribution is -0.137. The van der Waals surface area contributed by atoms with Crippen molar-refractivity contribution >= 4 is 5.78 Å². The molecule has 0 spiro atoms. The maximum atomic E-state index is 12.2. The van der Waals surface area contributed by atoms with E-state index in [9.17, 15) is 18.0 Å². The van der Waals surface area contributed by atoms with Gasteiger partial charge in [0.15, 0.2) is 5.78 Å². The summed E-state index contributed by atoms with van der Waals surface area (Å²) in [5.74, 6) is -0.324. The first-order chi connectivity index (χ1) is 7.45. The normalized spacial score (nSPS) is 11.5. The molecule has 88 valence electrons. The Bertz CT molecular complexity index is 359. The molecule has 0 heterocycles. The smallest absolute Gasteiger partial charge is 0.317 e. The van der Waals surface area contributed by atoms with E-state index in [1.165, 1.54) is 0 Å². The summed E-state index contributed by atoms with van der Waals surface area (Å²) in [6.45, 7) is 0.0693. The molecule has 1 aromatic carbocycles. The first-order valence-electron chi connectivity index (χ1n) is 4.52. The second-order valence-electron chi connectivity index (χ2n) is 3.16. The van der Waals surface area contributed by atoms with E-state index < -0.39 is 11.7 Å². The number of Topliss-reactive ketones (excluding diaryl/α,β-unsaturated/α-hetero) is 1. The first-order valence-corrected chi connectivity index (χ1v) is 4.52. The predicted octanol–water partition coefficient (Wildman–Crippen LogP) is 2.26. The fraction of sp³-hybridized carbons (Fsp3) is 0.300. The van der Waals surface area contributed by atoms with E-state index in [4.69, 9.17) is 5.21 Å². The second-order valence-corrected chi connectivity index (χ2v) is 3.16. The Kier molecular flexibility index (Phi) is 4.03. The summed E-state index contributed by atoms with van der Waals surface area (Å²) in [5, 5.41) is 8.26. The zero-order chi connectivity index (χ0) is 12.2. The molecule has 0 fully saturated rings. The van der Waals surface area contributed by atoms with Crippen LogP contribution in [0.1, 0.15) is 22.3 Å². The van der Waals surface area contributed by atoms with Crippen LogP contribution in [0.15, 0.2) is 24.3 Å². The molecule has 1 aromatic rings. The molecular weight excluding hydrogens is 223 g/mol. The molecule has 0 aliphatic rings. The molecule has 0 amide bonds. The average Bonchev–Trinajstić information content (AvgIpc) is 2.25. The number of carbonyl (C=O) groups is 1. The van der Waals surface area contributed by atoms with Gasteiger partial charge in [0.05, 0.1) is 5.56 Å². The van der Waals surface area contributed by atoms with E-state index >= 15 is 0 Å². The summed E-state index contributed by atoms with van der Waals surface area (Å²) in [6.07, 6.45) is -4.36.